The second kappa shape index (κ2) is 5.15. The zero-order valence-electron chi connectivity index (χ0n) is 9.89. The van der Waals surface area contributed by atoms with Crippen molar-refractivity contribution in [1.82, 2.24) is 5.32 Å². The molecule has 86 valence electrons. The third-order valence-corrected chi connectivity index (χ3v) is 4.14. The molecule has 16 heavy (non-hydrogen) atoms. The first kappa shape index (κ1) is 11.9. The lowest BCUT2D eigenvalue weighted by molar-refractivity contribution is 0.655. The topological polar surface area (TPSA) is 12.0 Å². The van der Waals surface area contributed by atoms with E-state index < -0.39 is 0 Å². The zero-order valence-corrected chi connectivity index (χ0v) is 11.5. The second-order valence-corrected chi connectivity index (χ2v) is 5.26. The molecule has 1 aromatic rings. The van der Waals surface area contributed by atoms with Crippen LogP contribution < -0.4 is 5.32 Å². The lowest BCUT2D eigenvalue weighted by Crippen LogP contribution is -2.18. The maximum atomic E-state index is 3.55. The van der Waals surface area contributed by atoms with Crippen molar-refractivity contribution >= 4 is 15.9 Å². The molecule has 2 heteroatoms. The van der Waals surface area contributed by atoms with Crippen LogP contribution in [0.5, 0.6) is 0 Å². The van der Waals surface area contributed by atoms with Crippen molar-refractivity contribution < 1.29 is 0 Å². The van der Waals surface area contributed by atoms with Crippen LogP contribution in [0.3, 0.4) is 0 Å². The number of nitrogens with one attached hydrogen (secondary N) is 1. The molecule has 1 aromatic carbocycles. The van der Waals surface area contributed by atoms with E-state index in [4.69, 9.17) is 0 Å². The van der Waals surface area contributed by atoms with Crippen molar-refractivity contribution in [2.45, 2.75) is 32.2 Å². The fourth-order valence-corrected chi connectivity index (χ4v) is 2.62. The lowest BCUT2D eigenvalue weighted by atomic mass is 9.97. The average Bonchev–Trinajstić information content (AvgIpc) is 2.78. The number of aryl methyl sites for hydroxylation is 1. The van der Waals surface area contributed by atoms with E-state index in [0.717, 1.165) is 0 Å². The minimum atomic E-state index is 0.397. The summed E-state index contributed by atoms with van der Waals surface area (Å²) >= 11 is 3.55. The van der Waals surface area contributed by atoms with E-state index in [9.17, 15) is 0 Å². The van der Waals surface area contributed by atoms with Crippen molar-refractivity contribution in [1.29, 1.82) is 0 Å². The summed E-state index contributed by atoms with van der Waals surface area (Å²) in [4.78, 5) is 0. The van der Waals surface area contributed by atoms with Gasteiger partial charge in [-0.2, -0.15) is 0 Å². The van der Waals surface area contributed by atoms with E-state index in [1.54, 1.807) is 5.57 Å². The molecule has 0 heterocycles. The Balaban J connectivity index is 2.29. The molecule has 0 amide bonds. The van der Waals surface area contributed by atoms with Crippen LogP contribution >= 0.6 is 15.9 Å². The summed E-state index contributed by atoms with van der Waals surface area (Å²) in [6.45, 7) is 2.14. The van der Waals surface area contributed by atoms with Crippen LogP contribution in [0.4, 0.5) is 0 Å². The number of allylic oxidation sites excluding steroid dienone is 1. The number of hydrogen-bond donors (Lipinski definition) is 1. The largest absolute Gasteiger partial charge is 0.310 e. The highest BCUT2D eigenvalue weighted by molar-refractivity contribution is 9.10. The lowest BCUT2D eigenvalue weighted by Gasteiger charge is -2.19. The molecule has 0 fully saturated rings. The number of hydrogen-bond acceptors (Lipinski definition) is 1. The van der Waals surface area contributed by atoms with Crippen molar-refractivity contribution in [2.24, 2.45) is 0 Å². The molecule has 0 saturated heterocycles. The molecule has 1 unspecified atom stereocenters. The summed E-state index contributed by atoms with van der Waals surface area (Å²) in [6, 6.07) is 7.01. The van der Waals surface area contributed by atoms with Crippen molar-refractivity contribution in [3.8, 4) is 0 Å². The SMILES string of the molecule is CNC(C1=CCCC1)c1ccc(Br)c(C)c1. The van der Waals surface area contributed by atoms with Crippen LogP contribution in [0.2, 0.25) is 0 Å². The molecule has 1 aliphatic carbocycles. The van der Waals surface area contributed by atoms with Gasteiger partial charge in [0.15, 0.2) is 0 Å². The normalized spacial score (nSPS) is 17.3. The third-order valence-electron chi connectivity index (χ3n) is 3.25. The molecule has 0 bridgehead atoms. The first-order valence-corrected chi connectivity index (χ1v) is 6.64. The summed E-state index contributed by atoms with van der Waals surface area (Å²) < 4.78 is 1.19. The summed E-state index contributed by atoms with van der Waals surface area (Å²) in [7, 11) is 2.04. The van der Waals surface area contributed by atoms with Crippen LogP contribution in [0, 0.1) is 6.92 Å². The zero-order chi connectivity index (χ0) is 11.5. The van der Waals surface area contributed by atoms with Crippen LogP contribution in [0.1, 0.15) is 36.4 Å². The van der Waals surface area contributed by atoms with Gasteiger partial charge in [0.25, 0.3) is 0 Å². The van der Waals surface area contributed by atoms with E-state index in [1.165, 1.54) is 34.9 Å². The molecule has 0 aromatic heterocycles. The Hall–Kier alpha value is -0.600. The molecule has 0 radical (unpaired) electrons. The summed E-state index contributed by atoms with van der Waals surface area (Å²) in [6.07, 6.45) is 6.17. The Morgan fingerprint density at radius 3 is 2.75 bits per heavy atom. The Morgan fingerprint density at radius 2 is 2.19 bits per heavy atom. The molecule has 0 spiro atoms. The Kier molecular flexibility index (Phi) is 3.82. The Labute approximate surface area is 106 Å². The number of rotatable bonds is 3. The van der Waals surface area contributed by atoms with E-state index in [2.05, 4.69) is 52.4 Å². The average molecular weight is 280 g/mol. The molecular weight excluding hydrogens is 262 g/mol. The van der Waals surface area contributed by atoms with Crippen LogP contribution in [-0.4, -0.2) is 7.05 Å². The first-order chi connectivity index (χ1) is 7.72. The third kappa shape index (κ3) is 2.38. The van der Waals surface area contributed by atoms with Gasteiger partial charge in [-0.3, -0.25) is 0 Å². The smallest absolute Gasteiger partial charge is 0.0533 e. The standard InChI is InChI=1S/C14H18BrN/c1-10-9-12(7-8-13(10)15)14(16-2)11-5-3-4-6-11/h5,7-9,14,16H,3-4,6H2,1-2H3. The van der Waals surface area contributed by atoms with Crippen molar-refractivity contribution in [3.63, 3.8) is 0 Å². The minimum absolute atomic E-state index is 0.397. The van der Waals surface area contributed by atoms with E-state index >= 15 is 0 Å². The van der Waals surface area contributed by atoms with Crippen LogP contribution in [0.15, 0.2) is 34.3 Å². The molecule has 0 saturated carbocycles. The van der Waals surface area contributed by atoms with E-state index in [0.29, 0.717) is 6.04 Å². The van der Waals surface area contributed by atoms with Crippen LogP contribution in [0.25, 0.3) is 0 Å². The summed E-state index contributed by atoms with van der Waals surface area (Å²) in [5.41, 5.74) is 4.22. The highest BCUT2D eigenvalue weighted by atomic mass is 79.9. The highest BCUT2D eigenvalue weighted by Gasteiger charge is 2.17. The van der Waals surface area contributed by atoms with Crippen LogP contribution in [-0.2, 0) is 0 Å². The maximum Gasteiger partial charge on any atom is 0.0533 e. The number of halogens is 1. The molecule has 2 rings (SSSR count). The van der Waals surface area contributed by atoms with E-state index in [1.807, 2.05) is 7.05 Å². The molecule has 1 atom stereocenters. The van der Waals surface area contributed by atoms with Gasteiger partial charge in [-0.05, 0) is 50.4 Å². The highest BCUT2D eigenvalue weighted by Crippen LogP contribution is 2.31. The fraction of sp³-hybridized carbons (Fsp3) is 0.429. The quantitative estimate of drug-likeness (QED) is 0.821. The minimum Gasteiger partial charge on any atom is -0.310 e. The van der Waals surface area contributed by atoms with Gasteiger partial charge in [0.05, 0.1) is 6.04 Å². The Bertz CT molecular complexity index is 409. The molecule has 1 aliphatic rings. The number of likely N-dealkylation sites (N-methyl/N-ethyl adjacent to an activating group) is 1. The predicted molar refractivity (Wildman–Crippen MR) is 72.6 cm³/mol. The predicted octanol–water partition coefficient (Wildman–Crippen LogP) is 4.13. The van der Waals surface area contributed by atoms with Gasteiger partial charge in [0.2, 0.25) is 0 Å². The fourth-order valence-electron chi connectivity index (χ4n) is 2.37. The van der Waals surface area contributed by atoms with E-state index in [-0.39, 0.29) is 0 Å². The molecule has 0 aliphatic heterocycles. The second-order valence-electron chi connectivity index (χ2n) is 4.40. The summed E-state index contributed by atoms with van der Waals surface area (Å²) in [5, 5.41) is 3.42. The van der Waals surface area contributed by atoms with Gasteiger partial charge in [0, 0.05) is 4.47 Å². The van der Waals surface area contributed by atoms with Crippen molar-refractivity contribution in [3.05, 3.63) is 45.4 Å². The van der Waals surface area contributed by atoms with Gasteiger partial charge in [-0.25, -0.2) is 0 Å². The Morgan fingerprint density at radius 1 is 1.38 bits per heavy atom. The van der Waals surface area contributed by atoms with Gasteiger partial charge < -0.3 is 5.32 Å². The van der Waals surface area contributed by atoms with Crippen molar-refractivity contribution in [2.75, 3.05) is 7.05 Å². The van der Waals surface area contributed by atoms with Gasteiger partial charge in [0.1, 0.15) is 0 Å². The molecule has 1 N–H and O–H groups in total. The number of benzene rings is 1. The first-order valence-electron chi connectivity index (χ1n) is 5.84. The monoisotopic (exact) mass is 279 g/mol. The van der Waals surface area contributed by atoms with Gasteiger partial charge in [-0.1, -0.05) is 39.7 Å². The van der Waals surface area contributed by atoms with Gasteiger partial charge >= 0.3 is 0 Å². The molecule has 1 nitrogen and oxygen atoms in total. The maximum absolute atomic E-state index is 3.55. The summed E-state index contributed by atoms with van der Waals surface area (Å²) in [5.74, 6) is 0. The van der Waals surface area contributed by atoms with Gasteiger partial charge in [-0.15, -0.1) is 0 Å². The molecular formula is C14H18BrN.